The monoisotopic (exact) mass is 532 g/mol. The standard InChI is InChI=1S/C31H28N6O3/c1-39-27-4-2-3-21(11-27)31(38)37-25-13-26(37)19-35(18-25)29-6-5-22(15-33-29)28-12-23(20-7-9-40-10-8-20)17-36-30(28)24(14-32)16-34-36/h2-7,11-12,15-17,25-26H,8-10,13,18-19H2,1H3. The molecule has 1 amide bonds. The van der Waals surface area contributed by atoms with Gasteiger partial charge in [0.05, 0.1) is 49.7 Å². The van der Waals surface area contributed by atoms with Crippen LogP contribution < -0.4 is 9.64 Å². The molecular formula is C31H28N6O3. The van der Waals surface area contributed by atoms with Crippen molar-refractivity contribution in [2.24, 2.45) is 0 Å². The number of aromatic nitrogens is 3. The fourth-order valence-electron chi connectivity index (χ4n) is 6.15. The number of fused-ring (bicyclic) bond motifs is 3. The van der Waals surface area contributed by atoms with Crippen LogP contribution in [0.25, 0.3) is 22.2 Å². The second kappa shape index (κ2) is 9.81. The number of nitrogens with zero attached hydrogens (tertiary/aromatic N) is 6. The highest BCUT2D eigenvalue weighted by molar-refractivity contribution is 5.96. The van der Waals surface area contributed by atoms with Crippen LogP contribution in [-0.2, 0) is 4.74 Å². The Kier molecular flexibility index (Phi) is 5.98. The van der Waals surface area contributed by atoms with Gasteiger partial charge in [-0.15, -0.1) is 0 Å². The number of piperazine rings is 1. The van der Waals surface area contributed by atoms with Gasteiger partial charge in [0.15, 0.2) is 0 Å². The number of hydrogen-bond acceptors (Lipinski definition) is 7. The molecule has 4 aromatic rings. The number of carbonyl (C=O) groups is 1. The molecule has 4 aliphatic rings. The van der Waals surface area contributed by atoms with Gasteiger partial charge in [0.1, 0.15) is 17.6 Å². The first-order chi connectivity index (χ1) is 19.6. The van der Waals surface area contributed by atoms with Gasteiger partial charge in [0.2, 0.25) is 0 Å². The SMILES string of the molecule is COc1cccc(C(=O)N2C3CC2CN(c2ccc(-c4cc(C5=CCOCC5)cn5ncc(C#N)c45)cn2)C3)c1. The normalized spacial score (nSPS) is 20.1. The van der Waals surface area contributed by atoms with E-state index in [-0.39, 0.29) is 18.0 Å². The van der Waals surface area contributed by atoms with Crippen molar-refractivity contribution < 1.29 is 14.3 Å². The average molecular weight is 533 g/mol. The molecule has 0 saturated carbocycles. The molecule has 2 bridgehead atoms. The summed E-state index contributed by atoms with van der Waals surface area (Å²) in [6, 6.07) is 16.2. The molecule has 1 aromatic carbocycles. The van der Waals surface area contributed by atoms with Gasteiger partial charge in [0, 0.05) is 42.2 Å². The number of anilines is 1. The Morgan fingerprint density at radius 3 is 2.73 bits per heavy atom. The molecular weight excluding hydrogens is 504 g/mol. The van der Waals surface area contributed by atoms with Gasteiger partial charge in [-0.3, -0.25) is 4.79 Å². The van der Waals surface area contributed by atoms with E-state index in [1.807, 2.05) is 41.6 Å². The first-order valence-corrected chi connectivity index (χ1v) is 13.5. The van der Waals surface area contributed by atoms with Crippen LogP contribution in [0.1, 0.15) is 34.3 Å². The number of rotatable bonds is 5. The Labute approximate surface area is 231 Å². The summed E-state index contributed by atoms with van der Waals surface area (Å²) in [6.07, 6.45) is 9.42. The zero-order valence-corrected chi connectivity index (χ0v) is 22.2. The lowest BCUT2D eigenvalue weighted by Crippen LogP contribution is -2.70. The van der Waals surface area contributed by atoms with Crippen molar-refractivity contribution >= 4 is 22.8 Å². The van der Waals surface area contributed by atoms with Gasteiger partial charge in [-0.2, -0.15) is 10.4 Å². The molecule has 0 aliphatic carbocycles. The zero-order valence-electron chi connectivity index (χ0n) is 22.2. The van der Waals surface area contributed by atoms with Crippen LogP contribution in [0.4, 0.5) is 5.82 Å². The lowest BCUT2D eigenvalue weighted by atomic mass is 9.86. The molecule has 0 spiro atoms. The molecule has 200 valence electrons. The van der Waals surface area contributed by atoms with Gasteiger partial charge >= 0.3 is 0 Å². The molecule has 9 nitrogen and oxygen atoms in total. The number of piperidine rings is 1. The molecule has 8 rings (SSSR count). The topological polar surface area (TPSA) is 96.0 Å². The largest absolute Gasteiger partial charge is 0.497 e. The summed E-state index contributed by atoms with van der Waals surface area (Å²) >= 11 is 0. The Bertz CT molecular complexity index is 1670. The maximum Gasteiger partial charge on any atom is 0.254 e. The minimum Gasteiger partial charge on any atom is -0.497 e. The van der Waals surface area contributed by atoms with Gasteiger partial charge in [-0.1, -0.05) is 12.1 Å². The molecule has 4 aliphatic heterocycles. The molecule has 3 fully saturated rings. The summed E-state index contributed by atoms with van der Waals surface area (Å²) < 4.78 is 12.6. The van der Waals surface area contributed by atoms with Crippen molar-refractivity contribution in [1.82, 2.24) is 19.5 Å². The third kappa shape index (κ3) is 4.08. The van der Waals surface area contributed by atoms with E-state index in [0.29, 0.717) is 30.1 Å². The number of hydrogen-bond donors (Lipinski definition) is 0. The van der Waals surface area contributed by atoms with E-state index in [4.69, 9.17) is 14.5 Å². The van der Waals surface area contributed by atoms with Gasteiger partial charge in [0.25, 0.3) is 5.91 Å². The smallest absolute Gasteiger partial charge is 0.254 e. The van der Waals surface area contributed by atoms with E-state index < -0.39 is 0 Å². The number of carbonyl (C=O) groups excluding carboxylic acids is 1. The highest BCUT2D eigenvalue weighted by Gasteiger charge is 2.47. The van der Waals surface area contributed by atoms with Gasteiger partial charge < -0.3 is 19.3 Å². The van der Waals surface area contributed by atoms with Crippen molar-refractivity contribution in [3.63, 3.8) is 0 Å². The van der Waals surface area contributed by atoms with E-state index in [9.17, 15) is 10.1 Å². The van der Waals surface area contributed by atoms with Crippen molar-refractivity contribution in [2.75, 3.05) is 38.3 Å². The molecule has 9 heteroatoms. The minimum absolute atomic E-state index is 0.0563. The second-order valence-electron chi connectivity index (χ2n) is 10.5. The summed E-state index contributed by atoms with van der Waals surface area (Å²) in [4.78, 5) is 22.3. The predicted molar refractivity (Wildman–Crippen MR) is 150 cm³/mol. The lowest BCUT2D eigenvalue weighted by molar-refractivity contribution is 0.00574. The van der Waals surface area contributed by atoms with Crippen LogP contribution >= 0.6 is 0 Å². The molecule has 0 radical (unpaired) electrons. The Balaban J connectivity index is 1.13. The second-order valence-corrected chi connectivity index (χ2v) is 10.5. The van der Waals surface area contributed by atoms with E-state index >= 15 is 0 Å². The summed E-state index contributed by atoms with van der Waals surface area (Å²) in [7, 11) is 1.61. The maximum absolute atomic E-state index is 13.2. The first-order valence-electron chi connectivity index (χ1n) is 13.5. The first kappa shape index (κ1) is 24.4. The quantitative estimate of drug-likeness (QED) is 0.380. The number of benzene rings is 1. The highest BCUT2D eigenvalue weighted by Crippen LogP contribution is 2.37. The molecule has 2 atom stereocenters. The third-order valence-electron chi connectivity index (χ3n) is 8.19. The van der Waals surface area contributed by atoms with E-state index in [2.05, 4.69) is 34.3 Å². The molecule has 2 unspecified atom stereocenters. The van der Waals surface area contributed by atoms with Gasteiger partial charge in [-0.05, 0) is 60.4 Å². The minimum atomic E-state index is 0.0563. The fourth-order valence-corrected chi connectivity index (χ4v) is 6.15. The summed E-state index contributed by atoms with van der Waals surface area (Å²) in [5, 5.41) is 14.2. The Morgan fingerprint density at radius 2 is 2.00 bits per heavy atom. The molecule has 3 aromatic heterocycles. The van der Waals surface area contributed by atoms with Crippen LogP contribution in [0.5, 0.6) is 5.75 Å². The molecule has 3 saturated heterocycles. The Morgan fingerprint density at radius 1 is 1.12 bits per heavy atom. The molecule has 0 N–H and O–H groups in total. The van der Waals surface area contributed by atoms with Crippen molar-refractivity contribution in [2.45, 2.75) is 24.9 Å². The van der Waals surface area contributed by atoms with E-state index in [1.165, 1.54) is 5.57 Å². The summed E-state index contributed by atoms with van der Waals surface area (Å²) in [5.74, 6) is 1.63. The van der Waals surface area contributed by atoms with Crippen molar-refractivity contribution in [3.05, 3.63) is 83.8 Å². The van der Waals surface area contributed by atoms with Crippen LogP contribution in [0.3, 0.4) is 0 Å². The van der Waals surface area contributed by atoms with Crippen LogP contribution in [0.15, 0.2) is 67.1 Å². The molecule has 40 heavy (non-hydrogen) atoms. The number of pyridine rings is 2. The average Bonchev–Trinajstić information content (AvgIpc) is 3.44. The highest BCUT2D eigenvalue weighted by atomic mass is 16.5. The fraction of sp³-hybridized carbons (Fsp3) is 0.290. The zero-order chi connectivity index (χ0) is 27.2. The van der Waals surface area contributed by atoms with E-state index in [0.717, 1.165) is 54.0 Å². The van der Waals surface area contributed by atoms with Crippen LogP contribution in [0.2, 0.25) is 0 Å². The third-order valence-corrected chi connectivity index (χ3v) is 8.19. The number of methoxy groups -OCH3 is 1. The van der Waals surface area contributed by atoms with Crippen molar-refractivity contribution in [3.8, 4) is 22.9 Å². The van der Waals surface area contributed by atoms with E-state index in [1.54, 1.807) is 23.9 Å². The summed E-state index contributed by atoms with van der Waals surface area (Å²) in [6.45, 7) is 2.78. The lowest BCUT2D eigenvalue weighted by Gasteiger charge is -2.56. The number of amides is 1. The number of nitriles is 1. The maximum atomic E-state index is 13.2. The van der Waals surface area contributed by atoms with Crippen LogP contribution in [0, 0.1) is 11.3 Å². The molecule has 7 heterocycles. The van der Waals surface area contributed by atoms with Crippen molar-refractivity contribution in [1.29, 1.82) is 5.26 Å². The van der Waals surface area contributed by atoms with Crippen LogP contribution in [-0.4, -0.2) is 70.9 Å². The number of ether oxygens (including phenoxy) is 2. The van der Waals surface area contributed by atoms with Gasteiger partial charge in [-0.25, -0.2) is 9.50 Å². The Hall–Kier alpha value is -4.68. The summed E-state index contributed by atoms with van der Waals surface area (Å²) in [5.41, 5.74) is 6.11. The predicted octanol–water partition coefficient (Wildman–Crippen LogP) is 4.18.